The van der Waals surface area contributed by atoms with Crippen molar-refractivity contribution < 1.29 is 8.42 Å². The molecule has 0 radical (unpaired) electrons. The molecule has 2 aromatic rings. The van der Waals surface area contributed by atoms with Gasteiger partial charge >= 0.3 is 0 Å². The van der Waals surface area contributed by atoms with Crippen LogP contribution in [0.5, 0.6) is 0 Å². The fraction of sp³-hybridized carbons (Fsp3) is 0.154. The number of rotatable bonds is 4. The van der Waals surface area contributed by atoms with Crippen molar-refractivity contribution in [2.75, 3.05) is 0 Å². The topological polar surface area (TPSA) is 59.1 Å². The molecule has 0 spiro atoms. The van der Waals surface area contributed by atoms with Crippen LogP contribution in [0.3, 0.4) is 0 Å². The van der Waals surface area contributed by atoms with Crippen LogP contribution in [-0.4, -0.2) is 13.4 Å². The minimum absolute atomic E-state index is 0.126. The monoisotopic (exact) mass is 330 g/mol. The lowest BCUT2D eigenvalue weighted by atomic mass is 10.2. The molecule has 0 bridgehead atoms. The van der Waals surface area contributed by atoms with E-state index in [4.69, 9.17) is 23.2 Å². The molecule has 0 aliphatic rings. The number of nitrogens with one attached hydrogen (secondary N) is 1. The van der Waals surface area contributed by atoms with Gasteiger partial charge in [-0.05, 0) is 42.3 Å². The first-order chi connectivity index (χ1) is 9.40. The lowest BCUT2D eigenvalue weighted by Crippen LogP contribution is -2.24. The number of nitrogens with zero attached hydrogens (tertiary/aromatic N) is 1. The van der Waals surface area contributed by atoms with E-state index in [0.717, 1.165) is 5.56 Å². The van der Waals surface area contributed by atoms with Gasteiger partial charge in [0.15, 0.2) is 0 Å². The van der Waals surface area contributed by atoms with Crippen LogP contribution in [0.2, 0.25) is 10.0 Å². The lowest BCUT2D eigenvalue weighted by Gasteiger charge is -2.10. The predicted molar refractivity (Wildman–Crippen MR) is 79.5 cm³/mol. The van der Waals surface area contributed by atoms with Crippen LogP contribution in [0.1, 0.15) is 11.1 Å². The summed E-state index contributed by atoms with van der Waals surface area (Å²) in [7, 11) is -3.64. The Hall–Kier alpha value is -1.14. The van der Waals surface area contributed by atoms with E-state index in [1.54, 1.807) is 31.5 Å². The first kappa shape index (κ1) is 15.3. The first-order valence-electron chi connectivity index (χ1n) is 5.74. The van der Waals surface area contributed by atoms with Crippen molar-refractivity contribution in [3.05, 3.63) is 57.8 Å². The van der Waals surface area contributed by atoms with Gasteiger partial charge in [-0.25, -0.2) is 13.1 Å². The summed E-state index contributed by atoms with van der Waals surface area (Å²) in [4.78, 5) is 4.00. The molecule has 0 atom stereocenters. The third-order valence-corrected chi connectivity index (χ3v) is 4.99. The van der Waals surface area contributed by atoms with Gasteiger partial charge in [-0.3, -0.25) is 4.98 Å². The Bertz CT molecular complexity index is 719. The number of hydrogen-bond acceptors (Lipinski definition) is 3. The molecular weight excluding hydrogens is 319 g/mol. The second kappa shape index (κ2) is 6.10. The summed E-state index contributed by atoms with van der Waals surface area (Å²) in [5, 5.41) is 0.541. The summed E-state index contributed by atoms with van der Waals surface area (Å²) in [5.74, 6) is 0. The molecular formula is C13H12Cl2N2O2S. The van der Waals surface area contributed by atoms with Crippen molar-refractivity contribution in [1.29, 1.82) is 0 Å². The van der Waals surface area contributed by atoms with Crippen molar-refractivity contribution in [1.82, 2.24) is 9.71 Å². The van der Waals surface area contributed by atoms with Gasteiger partial charge in [0.2, 0.25) is 10.0 Å². The van der Waals surface area contributed by atoms with Crippen molar-refractivity contribution in [3.63, 3.8) is 0 Å². The molecule has 0 aliphatic carbocycles. The number of aromatic nitrogens is 1. The van der Waals surface area contributed by atoms with Gasteiger partial charge in [-0.1, -0.05) is 23.2 Å². The summed E-state index contributed by atoms with van der Waals surface area (Å²) >= 11 is 11.7. The third kappa shape index (κ3) is 3.49. The van der Waals surface area contributed by atoms with E-state index in [0.29, 0.717) is 10.6 Å². The van der Waals surface area contributed by atoms with Gasteiger partial charge in [0.05, 0.1) is 14.9 Å². The van der Waals surface area contributed by atoms with E-state index in [9.17, 15) is 8.42 Å². The van der Waals surface area contributed by atoms with E-state index in [1.165, 1.54) is 12.1 Å². The predicted octanol–water partition coefficient (Wildman–Crippen LogP) is 3.18. The van der Waals surface area contributed by atoms with Gasteiger partial charge in [0.1, 0.15) is 0 Å². The van der Waals surface area contributed by atoms with Crippen LogP contribution in [0.15, 0.2) is 41.6 Å². The Balaban J connectivity index is 2.25. The zero-order valence-corrected chi connectivity index (χ0v) is 12.9. The molecule has 20 heavy (non-hydrogen) atoms. The van der Waals surface area contributed by atoms with Crippen LogP contribution in [0, 0.1) is 6.92 Å². The molecule has 7 heteroatoms. The van der Waals surface area contributed by atoms with E-state index < -0.39 is 10.0 Å². The maximum absolute atomic E-state index is 12.3. The van der Waals surface area contributed by atoms with Crippen molar-refractivity contribution in [3.8, 4) is 0 Å². The van der Waals surface area contributed by atoms with Gasteiger partial charge < -0.3 is 0 Å². The normalized spacial score (nSPS) is 11.6. The highest BCUT2D eigenvalue weighted by Crippen LogP contribution is 2.28. The molecule has 1 N–H and O–H groups in total. The molecule has 1 aromatic carbocycles. The zero-order valence-electron chi connectivity index (χ0n) is 10.6. The second-order valence-electron chi connectivity index (χ2n) is 4.21. The summed E-state index contributed by atoms with van der Waals surface area (Å²) in [6.45, 7) is 1.85. The summed E-state index contributed by atoms with van der Waals surface area (Å²) in [6.07, 6.45) is 3.21. The second-order valence-corrected chi connectivity index (χ2v) is 6.76. The standard InChI is InChI=1S/C13H12Cl2N2O2S/c1-9-6-11(14)12(15)7-13(9)20(18,19)17-8-10-2-4-16-5-3-10/h2-7,17H,8H2,1H3. The summed E-state index contributed by atoms with van der Waals surface area (Å²) in [5.41, 5.74) is 1.36. The molecule has 1 heterocycles. The van der Waals surface area contributed by atoms with Crippen molar-refractivity contribution in [2.45, 2.75) is 18.4 Å². The molecule has 0 aliphatic heterocycles. The highest BCUT2D eigenvalue weighted by Gasteiger charge is 2.18. The van der Waals surface area contributed by atoms with Gasteiger partial charge in [0.25, 0.3) is 0 Å². The minimum Gasteiger partial charge on any atom is -0.265 e. The van der Waals surface area contributed by atoms with Gasteiger partial charge in [-0.15, -0.1) is 0 Å². The maximum atomic E-state index is 12.3. The van der Waals surface area contributed by atoms with Crippen molar-refractivity contribution in [2.24, 2.45) is 0 Å². The molecule has 0 fully saturated rings. The smallest absolute Gasteiger partial charge is 0.241 e. The van der Waals surface area contributed by atoms with Crippen LogP contribution in [0.25, 0.3) is 0 Å². The van der Waals surface area contributed by atoms with Gasteiger partial charge in [0, 0.05) is 18.9 Å². The molecule has 2 rings (SSSR count). The largest absolute Gasteiger partial charge is 0.265 e. The molecule has 106 valence electrons. The van der Waals surface area contributed by atoms with Crippen molar-refractivity contribution >= 4 is 33.2 Å². The molecule has 4 nitrogen and oxygen atoms in total. The molecule has 0 amide bonds. The Kier molecular flexibility index (Phi) is 4.65. The molecule has 0 saturated heterocycles. The van der Waals surface area contributed by atoms with Crippen LogP contribution < -0.4 is 4.72 Å². The third-order valence-electron chi connectivity index (χ3n) is 2.72. The lowest BCUT2D eigenvalue weighted by molar-refractivity contribution is 0.580. The van der Waals surface area contributed by atoms with E-state index in [1.807, 2.05) is 0 Å². The SMILES string of the molecule is Cc1cc(Cl)c(Cl)cc1S(=O)(=O)NCc1ccncc1. The summed E-state index contributed by atoms with van der Waals surface area (Å²) < 4.78 is 27.0. The Labute approximate surface area is 127 Å². The number of benzene rings is 1. The quantitative estimate of drug-likeness (QED) is 0.936. The average molecular weight is 331 g/mol. The fourth-order valence-electron chi connectivity index (χ4n) is 1.67. The number of aryl methyl sites for hydroxylation is 1. The first-order valence-corrected chi connectivity index (χ1v) is 7.98. The zero-order chi connectivity index (χ0) is 14.8. The Morgan fingerprint density at radius 3 is 2.40 bits per heavy atom. The Morgan fingerprint density at radius 1 is 1.15 bits per heavy atom. The number of halogens is 2. The van der Waals surface area contributed by atoms with E-state index in [2.05, 4.69) is 9.71 Å². The molecule has 0 saturated carbocycles. The summed E-state index contributed by atoms with van der Waals surface area (Å²) in [6, 6.07) is 6.37. The number of pyridine rings is 1. The fourth-order valence-corrected chi connectivity index (χ4v) is 3.39. The van der Waals surface area contributed by atoms with E-state index >= 15 is 0 Å². The minimum atomic E-state index is -3.64. The van der Waals surface area contributed by atoms with Gasteiger partial charge in [-0.2, -0.15) is 0 Å². The van der Waals surface area contributed by atoms with Crippen LogP contribution in [0.4, 0.5) is 0 Å². The average Bonchev–Trinajstić information content (AvgIpc) is 2.42. The van der Waals surface area contributed by atoms with Crippen LogP contribution in [-0.2, 0) is 16.6 Å². The Morgan fingerprint density at radius 2 is 1.75 bits per heavy atom. The number of hydrogen-bond donors (Lipinski definition) is 1. The van der Waals surface area contributed by atoms with E-state index in [-0.39, 0.29) is 16.5 Å². The van der Waals surface area contributed by atoms with Crippen LogP contribution >= 0.6 is 23.2 Å². The molecule has 0 unspecified atom stereocenters. The maximum Gasteiger partial charge on any atom is 0.241 e. The highest BCUT2D eigenvalue weighted by molar-refractivity contribution is 7.89. The molecule has 1 aromatic heterocycles. The highest BCUT2D eigenvalue weighted by atomic mass is 35.5. The number of sulfonamides is 1.